The van der Waals surface area contributed by atoms with E-state index in [9.17, 15) is 9.59 Å². The van der Waals surface area contributed by atoms with Gasteiger partial charge in [0.25, 0.3) is 5.91 Å². The van der Waals surface area contributed by atoms with Crippen molar-refractivity contribution in [1.29, 1.82) is 0 Å². The third kappa shape index (κ3) is 6.57. The summed E-state index contributed by atoms with van der Waals surface area (Å²) in [5, 5.41) is 3.34. The van der Waals surface area contributed by atoms with E-state index in [1.54, 1.807) is 57.5 Å². The molecule has 0 aliphatic carbocycles. The Balaban J connectivity index is 1.83. The second kappa shape index (κ2) is 10.6. The first kappa shape index (κ1) is 22.4. The van der Waals surface area contributed by atoms with Crippen molar-refractivity contribution in [3.63, 3.8) is 0 Å². The molecule has 0 saturated carbocycles. The van der Waals surface area contributed by atoms with E-state index in [0.717, 1.165) is 11.1 Å². The van der Waals surface area contributed by atoms with Crippen LogP contribution in [0.15, 0.2) is 36.4 Å². The molecule has 0 aromatic heterocycles. The van der Waals surface area contributed by atoms with Crippen LogP contribution in [0, 0.1) is 6.92 Å². The lowest BCUT2D eigenvalue weighted by Crippen LogP contribution is -2.32. The summed E-state index contributed by atoms with van der Waals surface area (Å²) in [5.41, 5.74) is 1.54. The van der Waals surface area contributed by atoms with E-state index in [-0.39, 0.29) is 12.6 Å². The van der Waals surface area contributed by atoms with Gasteiger partial charge in [0.1, 0.15) is 17.2 Å². The molecule has 0 aliphatic rings. The summed E-state index contributed by atoms with van der Waals surface area (Å²) in [6.45, 7) is 2.88. The number of carbonyl (C=O) groups is 2. The lowest BCUT2D eigenvalue weighted by Gasteiger charge is -2.18. The highest BCUT2D eigenvalue weighted by Gasteiger charge is 2.16. The van der Waals surface area contributed by atoms with Crippen molar-refractivity contribution in [2.75, 3.05) is 27.4 Å². The van der Waals surface area contributed by atoms with E-state index in [4.69, 9.17) is 30.5 Å². The van der Waals surface area contributed by atoms with Crippen LogP contribution in [0.25, 0.3) is 0 Å². The summed E-state index contributed by atoms with van der Waals surface area (Å²) in [6, 6.07) is 9.98. The van der Waals surface area contributed by atoms with Gasteiger partial charge in [0, 0.05) is 10.6 Å². The van der Waals surface area contributed by atoms with Gasteiger partial charge in [-0.25, -0.2) is 4.79 Å². The minimum atomic E-state index is -0.652. The molecule has 0 heterocycles. The van der Waals surface area contributed by atoms with E-state index < -0.39 is 18.5 Å². The molecule has 1 atom stereocenters. The first-order valence-corrected chi connectivity index (χ1v) is 9.27. The SMILES string of the molecule is COc1ccc(OC)c([C@H](C)NC(=O)COC(=O)COc2ccc(Cl)cc2C)c1. The molecule has 0 saturated heterocycles. The molecule has 29 heavy (non-hydrogen) atoms. The number of methoxy groups -OCH3 is 2. The highest BCUT2D eigenvalue weighted by atomic mass is 35.5. The van der Waals surface area contributed by atoms with Gasteiger partial charge in [0.05, 0.1) is 20.3 Å². The fraction of sp³-hybridized carbons (Fsp3) is 0.333. The Morgan fingerprint density at radius 2 is 1.76 bits per heavy atom. The Bertz CT molecular complexity index is 870. The van der Waals surface area contributed by atoms with Crippen LogP contribution in [0.2, 0.25) is 5.02 Å². The normalized spacial score (nSPS) is 11.3. The van der Waals surface area contributed by atoms with Gasteiger partial charge >= 0.3 is 5.97 Å². The minimum absolute atomic E-state index is 0.311. The number of benzene rings is 2. The van der Waals surface area contributed by atoms with Crippen molar-refractivity contribution in [3.05, 3.63) is 52.5 Å². The monoisotopic (exact) mass is 421 g/mol. The number of halogens is 1. The van der Waals surface area contributed by atoms with Crippen LogP contribution in [-0.2, 0) is 14.3 Å². The lowest BCUT2D eigenvalue weighted by molar-refractivity contribution is -0.150. The predicted molar refractivity (Wildman–Crippen MR) is 109 cm³/mol. The van der Waals surface area contributed by atoms with Crippen molar-refractivity contribution in [2.45, 2.75) is 19.9 Å². The van der Waals surface area contributed by atoms with Gasteiger partial charge in [0.2, 0.25) is 0 Å². The fourth-order valence-corrected chi connectivity index (χ4v) is 2.86. The van der Waals surface area contributed by atoms with Crippen LogP contribution < -0.4 is 19.5 Å². The van der Waals surface area contributed by atoms with E-state index in [1.165, 1.54) is 0 Å². The van der Waals surface area contributed by atoms with Crippen LogP contribution in [0.1, 0.15) is 24.1 Å². The molecule has 0 spiro atoms. The topological polar surface area (TPSA) is 83.1 Å². The number of hydrogen-bond acceptors (Lipinski definition) is 6. The first-order chi connectivity index (χ1) is 13.8. The van der Waals surface area contributed by atoms with Crippen LogP contribution in [0.4, 0.5) is 0 Å². The zero-order valence-electron chi connectivity index (χ0n) is 16.8. The molecular weight excluding hydrogens is 398 g/mol. The van der Waals surface area contributed by atoms with Crippen molar-refractivity contribution < 1.29 is 28.5 Å². The smallest absolute Gasteiger partial charge is 0.344 e. The maximum Gasteiger partial charge on any atom is 0.344 e. The molecule has 0 bridgehead atoms. The summed E-state index contributed by atoms with van der Waals surface area (Å²) >= 11 is 5.88. The highest BCUT2D eigenvalue weighted by Crippen LogP contribution is 2.29. The molecule has 0 radical (unpaired) electrons. The number of esters is 1. The van der Waals surface area contributed by atoms with Crippen molar-refractivity contribution in [3.8, 4) is 17.2 Å². The number of rotatable bonds is 9. The molecule has 1 N–H and O–H groups in total. The molecule has 2 aromatic rings. The number of hydrogen-bond donors (Lipinski definition) is 1. The summed E-state index contributed by atoms with van der Waals surface area (Å²) in [7, 11) is 3.10. The van der Waals surface area contributed by atoms with Crippen molar-refractivity contribution >= 4 is 23.5 Å². The van der Waals surface area contributed by atoms with Crippen LogP contribution in [0.3, 0.4) is 0 Å². The van der Waals surface area contributed by atoms with Gasteiger partial charge in [-0.1, -0.05) is 11.6 Å². The molecule has 1 amide bonds. The Hall–Kier alpha value is -2.93. The number of ether oxygens (including phenoxy) is 4. The standard InChI is InChI=1S/C21H24ClNO6/c1-13-9-15(22)5-7-18(13)28-12-21(25)29-11-20(24)23-14(2)17-10-16(26-3)6-8-19(17)27-4/h5-10,14H,11-12H2,1-4H3,(H,23,24)/t14-/m0/s1. The van der Waals surface area contributed by atoms with Gasteiger partial charge in [0.15, 0.2) is 13.2 Å². The summed E-state index contributed by atoms with van der Waals surface area (Å²) in [6.07, 6.45) is 0. The third-order valence-corrected chi connectivity index (χ3v) is 4.36. The van der Waals surface area contributed by atoms with Gasteiger partial charge in [-0.15, -0.1) is 0 Å². The van der Waals surface area contributed by atoms with Gasteiger partial charge < -0.3 is 24.3 Å². The van der Waals surface area contributed by atoms with Crippen LogP contribution in [0.5, 0.6) is 17.2 Å². The zero-order valence-corrected chi connectivity index (χ0v) is 17.5. The van der Waals surface area contributed by atoms with Crippen molar-refractivity contribution in [2.24, 2.45) is 0 Å². The van der Waals surface area contributed by atoms with Crippen LogP contribution >= 0.6 is 11.6 Å². The maximum absolute atomic E-state index is 12.1. The molecule has 0 aliphatic heterocycles. The Morgan fingerprint density at radius 3 is 2.41 bits per heavy atom. The highest BCUT2D eigenvalue weighted by molar-refractivity contribution is 6.30. The quantitative estimate of drug-likeness (QED) is 0.624. The average Bonchev–Trinajstić information content (AvgIpc) is 2.71. The second-order valence-electron chi connectivity index (χ2n) is 6.26. The summed E-state index contributed by atoms with van der Waals surface area (Å²) in [4.78, 5) is 24.0. The maximum atomic E-state index is 12.1. The van der Waals surface area contributed by atoms with E-state index >= 15 is 0 Å². The summed E-state index contributed by atoms with van der Waals surface area (Å²) < 4.78 is 20.9. The minimum Gasteiger partial charge on any atom is -0.497 e. The molecular formula is C21H24ClNO6. The molecule has 2 rings (SSSR count). The molecule has 7 nitrogen and oxygen atoms in total. The first-order valence-electron chi connectivity index (χ1n) is 8.90. The van der Waals surface area contributed by atoms with Gasteiger partial charge in [-0.3, -0.25) is 4.79 Å². The second-order valence-corrected chi connectivity index (χ2v) is 6.69. The molecule has 0 fully saturated rings. The largest absolute Gasteiger partial charge is 0.497 e. The fourth-order valence-electron chi connectivity index (χ4n) is 2.64. The third-order valence-electron chi connectivity index (χ3n) is 4.13. The molecule has 156 valence electrons. The number of amides is 1. The summed E-state index contributed by atoms with van der Waals surface area (Å²) in [5.74, 6) is 0.680. The van der Waals surface area contributed by atoms with Crippen LogP contribution in [-0.4, -0.2) is 39.3 Å². The number of aryl methyl sites for hydroxylation is 1. The van der Waals surface area contributed by atoms with Gasteiger partial charge in [-0.2, -0.15) is 0 Å². The van der Waals surface area contributed by atoms with E-state index in [1.807, 2.05) is 6.92 Å². The van der Waals surface area contributed by atoms with E-state index in [0.29, 0.717) is 22.3 Å². The Labute approximate surface area is 174 Å². The molecule has 8 heteroatoms. The van der Waals surface area contributed by atoms with Crippen molar-refractivity contribution in [1.82, 2.24) is 5.32 Å². The average molecular weight is 422 g/mol. The predicted octanol–water partition coefficient (Wildman–Crippen LogP) is 3.47. The Kier molecular flexibility index (Phi) is 8.15. The molecule has 0 unspecified atom stereocenters. The lowest BCUT2D eigenvalue weighted by atomic mass is 10.1. The zero-order chi connectivity index (χ0) is 21.4. The van der Waals surface area contributed by atoms with Gasteiger partial charge in [-0.05, 0) is 55.8 Å². The van der Waals surface area contributed by atoms with E-state index in [2.05, 4.69) is 5.32 Å². The Morgan fingerprint density at radius 1 is 1.03 bits per heavy atom. The number of nitrogens with one attached hydrogen (secondary N) is 1. The number of carbonyl (C=O) groups excluding carboxylic acids is 2. The molecule has 2 aromatic carbocycles.